The molecule has 1 aromatic rings. The molecule has 0 saturated carbocycles. The smallest absolute Gasteiger partial charge is 0.336 e. The molecule has 0 radical (unpaired) electrons. The first-order valence-corrected chi connectivity index (χ1v) is 6.62. The van der Waals surface area contributed by atoms with Crippen molar-refractivity contribution in [1.29, 1.82) is 0 Å². The number of carbonyl (C=O) groups excluding carboxylic acids is 3. The Balaban J connectivity index is 2.65. The van der Waals surface area contributed by atoms with Crippen LogP contribution in [0, 0.1) is 0 Å². The lowest BCUT2D eigenvalue weighted by molar-refractivity contribution is -0.152. The number of rotatable bonds is 8. The van der Waals surface area contributed by atoms with Crippen LogP contribution in [0.2, 0.25) is 0 Å². The number of hydrogen-bond acceptors (Lipinski definition) is 5. The average Bonchev–Trinajstić information content (AvgIpc) is 2.48. The van der Waals surface area contributed by atoms with E-state index in [0.717, 1.165) is 12.5 Å². The van der Waals surface area contributed by atoms with Crippen molar-refractivity contribution in [3.8, 4) is 0 Å². The topological polar surface area (TPSA) is 110 Å². The minimum absolute atomic E-state index is 0.0397. The van der Waals surface area contributed by atoms with Gasteiger partial charge in [0, 0.05) is 13.3 Å². The molecule has 7 nitrogen and oxygen atoms in total. The summed E-state index contributed by atoms with van der Waals surface area (Å²) in [5.41, 5.74) is 0.732. The quantitative estimate of drug-likeness (QED) is 0.539. The fourth-order valence-electron chi connectivity index (χ4n) is 1.66. The molecule has 0 aromatic heterocycles. The van der Waals surface area contributed by atoms with Gasteiger partial charge in [0.05, 0.1) is 6.42 Å². The molecule has 0 spiro atoms. The van der Waals surface area contributed by atoms with E-state index >= 15 is 0 Å². The van der Waals surface area contributed by atoms with Crippen LogP contribution in [0.5, 0.6) is 0 Å². The number of ketones is 1. The van der Waals surface area contributed by atoms with E-state index in [1.54, 1.807) is 30.3 Å². The van der Waals surface area contributed by atoms with Crippen molar-refractivity contribution in [2.24, 2.45) is 0 Å². The van der Waals surface area contributed by atoms with Crippen LogP contribution in [0.1, 0.15) is 25.3 Å². The van der Waals surface area contributed by atoms with Crippen molar-refractivity contribution in [2.75, 3.05) is 0 Å². The Morgan fingerprint density at radius 3 is 2.32 bits per heavy atom. The third-order valence-electron chi connectivity index (χ3n) is 2.71. The van der Waals surface area contributed by atoms with Gasteiger partial charge in [-0.05, 0) is 5.56 Å². The fourth-order valence-corrected chi connectivity index (χ4v) is 1.66. The highest BCUT2D eigenvalue weighted by Gasteiger charge is 2.29. The Hall–Kier alpha value is -2.70. The minimum atomic E-state index is -1.49. The maximum Gasteiger partial charge on any atom is 0.336 e. The lowest BCUT2D eigenvalue weighted by Crippen LogP contribution is -2.46. The number of Topliss-reactive ketones (excluding diaryl/α,β-unsaturated/α-hetero) is 1. The van der Waals surface area contributed by atoms with Gasteiger partial charge in [-0.3, -0.25) is 14.4 Å². The van der Waals surface area contributed by atoms with E-state index in [1.165, 1.54) is 0 Å². The molecule has 0 heterocycles. The summed E-state index contributed by atoms with van der Waals surface area (Å²) in [6, 6.07) is 7.35. The second kappa shape index (κ2) is 8.56. The van der Waals surface area contributed by atoms with Crippen LogP contribution in [0.25, 0.3) is 0 Å². The van der Waals surface area contributed by atoms with Crippen molar-refractivity contribution in [2.45, 2.75) is 32.4 Å². The molecule has 2 N–H and O–H groups in total. The van der Waals surface area contributed by atoms with E-state index in [-0.39, 0.29) is 13.0 Å². The summed E-state index contributed by atoms with van der Waals surface area (Å²) in [6.45, 7) is 1.12. The van der Waals surface area contributed by atoms with Gasteiger partial charge in [-0.15, -0.1) is 0 Å². The zero-order chi connectivity index (χ0) is 16.5. The van der Waals surface area contributed by atoms with Crippen molar-refractivity contribution in [3.63, 3.8) is 0 Å². The van der Waals surface area contributed by atoms with Gasteiger partial charge in [0.2, 0.25) is 5.91 Å². The number of ether oxygens (including phenoxy) is 1. The standard InChI is InChI=1S/C15H17NO6/c1-10(17)16-14(12(18)7-8-13(19)20)15(21)22-9-11-5-3-2-4-6-11/h2-6,14H,7-9H2,1H3,(H,16,17)(H,19,20). The van der Waals surface area contributed by atoms with E-state index in [0.29, 0.717) is 0 Å². The van der Waals surface area contributed by atoms with Gasteiger partial charge in [0.1, 0.15) is 6.61 Å². The largest absolute Gasteiger partial charge is 0.481 e. The number of carbonyl (C=O) groups is 4. The van der Waals surface area contributed by atoms with Crippen LogP contribution in [0.3, 0.4) is 0 Å². The number of esters is 1. The van der Waals surface area contributed by atoms with Crippen LogP contribution in [-0.4, -0.2) is 34.8 Å². The number of hydrogen-bond donors (Lipinski definition) is 2. The van der Waals surface area contributed by atoms with E-state index in [1.807, 2.05) is 0 Å². The van der Waals surface area contributed by atoms with Crippen LogP contribution in [0.15, 0.2) is 30.3 Å². The van der Waals surface area contributed by atoms with E-state index in [2.05, 4.69) is 5.32 Å². The predicted octanol–water partition coefficient (Wildman–Crippen LogP) is 0.668. The first-order chi connectivity index (χ1) is 10.4. The van der Waals surface area contributed by atoms with Gasteiger partial charge in [0.25, 0.3) is 0 Å². The molecular weight excluding hydrogens is 290 g/mol. The molecular formula is C15H17NO6. The summed E-state index contributed by atoms with van der Waals surface area (Å²) < 4.78 is 5.00. The molecule has 1 unspecified atom stereocenters. The second-order valence-electron chi connectivity index (χ2n) is 4.59. The van der Waals surface area contributed by atoms with Gasteiger partial charge in [0.15, 0.2) is 11.8 Å². The highest BCUT2D eigenvalue weighted by molar-refractivity contribution is 6.06. The van der Waals surface area contributed by atoms with Crippen molar-refractivity contribution >= 4 is 23.6 Å². The van der Waals surface area contributed by atoms with Gasteiger partial charge >= 0.3 is 11.9 Å². The van der Waals surface area contributed by atoms with Crippen LogP contribution in [0.4, 0.5) is 0 Å². The highest BCUT2D eigenvalue weighted by Crippen LogP contribution is 2.04. The van der Waals surface area contributed by atoms with E-state index in [9.17, 15) is 19.2 Å². The lowest BCUT2D eigenvalue weighted by atomic mass is 10.1. The number of carboxylic acid groups (broad SMARTS) is 1. The molecule has 0 aliphatic heterocycles. The molecule has 0 aliphatic carbocycles. The summed E-state index contributed by atoms with van der Waals surface area (Å²) in [5, 5.41) is 10.7. The Labute approximate surface area is 127 Å². The number of aliphatic carboxylic acids is 1. The van der Waals surface area contributed by atoms with Gasteiger partial charge in [-0.1, -0.05) is 30.3 Å². The third kappa shape index (κ3) is 6.17. The third-order valence-corrected chi connectivity index (χ3v) is 2.71. The zero-order valence-corrected chi connectivity index (χ0v) is 12.1. The number of amides is 1. The normalized spacial score (nSPS) is 11.3. The first-order valence-electron chi connectivity index (χ1n) is 6.62. The maximum absolute atomic E-state index is 11.9. The van der Waals surface area contributed by atoms with E-state index < -0.39 is 36.1 Å². The molecule has 118 valence electrons. The van der Waals surface area contributed by atoms with Gasteiger partial charge < -0.3 is 15.2 Å². The summed E-state index contributed by atoms with van der Waals surface area (Å²) in [6.07, 6.45) is -0.776. The molecule has 0 fully saturated rings. The SMILES string of the molecule is CC(=O)NC(C(=O)CCC(=O)O)C(=O)OCc1ccccc1. The molecule has 1 aromatic carbocycles. The maximum atomic E-state index is 11.9. The zero-order valence-electron chi connectivity index (χ0n) is 12.1. The van der Waals surface area contributed by atoms with Gasteiger partial charge in [-0.2, -0.15) is 0 Å². The summed E-state index contributed by atoms with van der Waals surface area (Å²) >= 11 is 0. The predicted molar refractivity (Wildman–Crippen MR) is 75.7 cm³/mol. The Kier molecular flexibility index (Phi) is 6.75. The number of benzene rings is 1. The second-order valence-corrected chi connectivity index (χ2v) is 4.59. The van der Waals surface area contributed by atoms with Crippen LogP contribution in [-0.2, 0) is 30.5 Å². The monoisotopic (exact) mass is 307 g/mol. The molecule has 0 aliphatic rings. The number of carboxylic acids is 1. The lowest BCUT2D eigenvalue weighted by Gasteiger charge is -2.15. The van der Waals surface area contributed by atoms with Gasteiger partial charge in [-0.25, -0.2) is 4.79 Å². The van der Waals surface area contributed by atoms with Crippen molar-refractivity contribution < 1.29 is 29.0 Å². The average molecular weight is 307 g/mol. The van der Waals surface area contributed by atoms with Crippen LogP contribution < -0.4 is 5.32 Å². The molecule has 1 amide bonds. The summed E-state index contributed by atoms with van der Waals surface area (Å²) in [4.78, 5) is 45.4. The van der Waals surface area contributed by atoms with E-state index in [4.69, 9.17) is 9.84 Å². The van der Waals surface area contributed by atoms with Crippen LogP contribution >= 0.6 is 0 Å². The Morgan fingerprint density at radius 1 is 1.14 bits per heavy atom. The Morgan fingerprint density at radius 2 is 1.77 bits per heavy atom. The van der Waals surface area contributed by atoms with Crippen molar-refractivity contribution in [3.05, 3.63) is 35.9 Å². The minimum Gasteiger partial charge on any atom is -0.481 e. The highest BCUT2D eigenvalue weighted by atomic mass is 16.5. The molecule has 0 bridgehead atoms. The fraction of sp³-hybridized carbons (Fsp3) is 0.333. The first kappa shape index (κ1) is 17.4. The number of nitrogens with one attached hydrogen (secondary N) is 1. The molecule has 22 heavy (non-hydrogen) atoms. The summed E-state index contributed by atoms with van der Waals surface area (Å²) in [7, 11) is 0. The summed E-state index contributed by atoms with van der Waals surface area (Å²) in [5.74, 6) is -3.34. The molecule has 0 saturated heterocycles. The molecule has 1 rings (SSSR count). The molecule has 7 heteroatoms. The van der Waals surface area contributed by atoms with Crippen molar-refractivity contribution in [1.82, 2.24) is 5.32 Å². The Bertz CT molecular complexity index is 554. The molecule has 1 atom stereocenters.